The lowest BCUT2D eigenvalue weighted by atomic mass is 9.89. The van der Waals surface area contributed by atoms with Crippen molar-refractivity contribution < 1.29 is 10.2 Å². The number of nitrogens with two attached hydrogens (primary N) is 1. The maximum absolute atomic E-state index is 10.7. The minimum absolute atomic E-state index is 0.148. The standard InChI is InChI=1S/C20H30N4O2/c21-19-15-9-10-24(20(15)23-12-22-19)16-11-14(17(25)18(16)26)8-7-13-5-3-1-2-4-6-13/h9-10,12-14,16-18,25-26H,1-8,11H2,(H2,21,22,23)/t14-,16+,17+,18-/m0/s1. The lowest BCUT2D eigenvalue weighted by Crippen LogP contribution is -2.29. The molecule has 0 aliphatic heterocycles. The summed E-state index contributed by atoms with van der Waals surface area (Å²) in [6.07, 6.45) is 13.0. The lowest BCUT2D eigenvalue weighted by molar-refractivity contribution is 0.00430. The summed E-state index contributed by atoms with van der Waals surface area (Å²) < 4.78 is 1.97. The van der Waals surface area contributed by atoms with E-state index in [4.69, 9.17) is 5.73 Å². The summed E-state index contributed by atoms with van der Waals surface area (Å²) in [5.41, 5.74) is 6.66. The monoisotopic (exact) mass is 358 g/mol. The molecule has 26 heavy (non-hydrogen) atoms. The van der Waals surface area contributed by atoms with E-state index in [2.05, 4.69) is 9.97 Å². The highest BCUT2D eigenvalue weighted by atomic mass is 16.3. The largest absolute Gasteiger partial charge is 0.390 e. The van der Waals surface area contributed by atoms with Crippen LogP contribution < -0.4 is 5.73 Å². The van der Waals surface area contributed by atoms with Crippen LogP contribution in [0.1, 0.15) is 63.8 Å². The molecule has 142 valence electrons. The summed E-state index contributed by atoms with van der Waals surface area (Å²) >= 11 is 0. The van der Waals surface area contributed by atoms with Crippen LogP contribution in [0.2, 0.25) is 0 Å². The number of anilines is 1. The average molecular weight is 358 g/mol. The Kier molecular flexibility index (Phi) is 5.14. The Labute approximate surface area is 154 Å². The smallest absolute Gasteiger partial charge is 0.145 e. The molecule has 0 radical (unpaired) electrons. The first-order valence-corrected chi connectivity index (χ1v) is 10.1. The first kappa shape index (κ1) is 17.7. The van der Waals surface area contributed by atoms with Crippen LogP contribution in [0.15, 0.2) is 18.6 Å². The van der Waals surface area contributed by atoms with E-state index in [0.29, 0.717) is 5.82 Å². The van der Waals surface area contributed by atoms with E-state index < -0.39 is 12.2 Å². The van der Waals surface area contributed by atoms with Crippen LogP contribution in [-0.2, 0) is 0 Å². The highest BCUT2D eigenvalue weighted by Crippen LogP contribution is 2.41. The fraction of sp³-hybridized carbons (Fsp3) is 0.700. The van der Waals surface area contributed by atoms with Crippen molar-refractivity contribution in [3.63, 3.8) is 0 Å². The Hall–Kier alpha value is -1.66. The molecule has 0 unspecified atom stereocenters. The SMILES string of the molecule is Nc1ncnc2c1ccn2[C@@H]1C[C@H](CCC2CCCCCC2)[C@@H](O)[C@H]1O. The first-order chi connectivity index (χ1) is 12.6. The second kappa shape index (κ2) is 7.53. The summed E-state index contributed by atoms with van der Waals surface area (Å²) in [5.74, 6) is 1.39. The molecule has 2 heterocycles. The third-order valence-corrected chi connectivity index (χ3v) is 6.59. The minimum Gasteiger partial charge on any atom is -0.390 e. The molecule has 0 amide bonds. The van der Waals surface area contributed by atoms with Gasteiger partial charge >= 0.3 is 0 Å². The lowest BCUT2D eigenvalue weighted by Gasteiger charge is -2.20. The van der Waals surface area contributed by atoms with Gasteiger partial charge in [0.15, 0.2) is 0 Å². The summed E-state index contributed by atoms with van der Waals surface area (Å²) in [6, 6.07) is 1.73. The number of aliphatic hydroxyl groups is 2. The molecule has 2 aliphatic carbocycles. The Morgan fingerprint density at radius 2 is 1.81 bits per heavy atom. The molecule has 4 atom stereocenters. The maximum Gasteiger partial charge on any atom is 0.145 e. The molecule has 0 saturated heterocycles. The highest BCUT2D eigenvalue weighted by molar-refractivity contribution is 5.86. The van der Waals surface area contributed by atoms with E-state index in [1.807, 2.05) is 16.8 Å². The van der Waals surface area contributed by atoms with Gasteiger partial charge in [-0.15, -0.1) is 0 Å². The Balaban J connectivity index is 1.46. The molecule has 6 heteroatoms. The molecule has 0 bridgehead atoms. The van der Waals surface area contributed by atoms with E-state index in [1.54, 1.807) is 0 Å². The number of aromatic nitrogens is 3. The average Bonchev–Trinajstić information content (AvgIpc) is 3.06. The predicted molar refractivity (Wildman–Crippen MR) is 102 cm³/mol. The van der Waals surface area contributed by atoms with Gasteiger partial charge in [-0.25, -0.2) is 9.97 Å². The van der Waals surface area contributed by atoms with Crippen LogP contribution in [0.25, 0.3) is 11.0 Å². The molecule has 4 rings (SSSR count). The molecule has 0 spiro atoms. The van der Waals surface area contributed by atoms with E-state index in [1.165, 1.54) is 51.3 Å². The summed E-state index contributed by atoms with van der Waals surface area (Å²) in [6.45, 7) is 0. The van der Waals surface area contributed by atoms with Gasteiger partial charge in [0.1, 0.15) is 23.9 Å². The second-order valence-electron chi connectivity index (χ2n) is 8.20. The number of aliphatic hydroxyl groups excluding tert-OH is 2. The van der Waals surface area contributed by atoms with Crippen LogP contribution in [0.3, 0.4) is 0 Å². The van der Waals surface area contributed by atoms with Crippen molar-refractivity contribution in [2.24, 2.45) is 11.8 Å². The van der Waals surface area contributed by atoms with Crippen LogP contribution >= 0.6 is 0 Å². The van der Waals surface area contributed by atoms with Gasteiger partial charge in [-0.1, -0.05) is 44.9 Å². The second-order valence-corrected chi connectivity index (χ2v) is 8.20. The van der Waals surface area contributed by atoms with Gasteiger partial charge in [0.2, 0.25) is 0 Å². The molecule has 2 aliphatic rings. The topological polar surface area (TPSA) is 97.2 Å². The van der Waals surface area contributed by atoms with Gasteiger partial charge in [0, 0.05) is 6.20 Å². The zero-order chi connectivity index (χ0) is 18.1. The number of nitrogen functional groups attached to an aromatic ring is 1. The van der Waals surface area contributed by atoms with E-state index in [-0.39, 0.29) is 12.0 Å². The zero-order valence-electron chi connectivity index (χ0n) is 15.3. The quantitative estimate of drug-likeness (QED) is 0.730. The van der Waals surface area contributed by atoms with Crippen molar-refractivity contribution in [1.82, 2.24) is 14.5 Å². The number of nitrogens with zero attached hydrogens (tertiary/aromatic N) is 3. The van der Waals surface area contributed by atoms with Gasteiger partial charge in [0.05, 0.1) is 17.5 Å². The Morgan fingerprint density at radius 3 is 2.58 bits per heavy atom. The van der Waals surface area contributed by atoms with Gasteiger partial charge in [0.25, 0.3) is 0 Å². The van der Waals surface area contributed by atoms with Crippen LogP contribution in [0, 0.1) is 11.8 Å². The Bertz CT molecular complexity index is 738. The molecule has 2 aromatic heterocycles. The summed E-state index contributed by atoms with van der Waals surface area (Å²) in [7, 11) is 0. The predicted octanol–water partition coefficient (Wildman–Crippen LogP) is 3.05. The van der Waals surface area contributed by atoms with E-state index in [9.17, 15) is 10.2 Å². The normalized spacial score (nSPS) is 30.7. The van der Waals surface area contributed by atoms with Crippen molar-refractivity contribution in [2.75, 3.05) is 5.73 Å². The van der Waals surface area contributed by atoms with Gasteiger partial charge in [-0.3, -0.25) is 0 Å². The number of hydrogen-bond donors (Lipinski definition) is 3. The number of rotatable bonds is 4. The highest BCUT2D eigenvalue weighted by Gasteiger charge is 2.42. The Morgan fingerprint density at radius 1 is 1.04 bits per heavy atom. The molecule has 6 nitrogen and oxygen atoms in total. The van der Waals surface area contributed by atoms with Gasteiger partial charge < -0.3 is 20.5 Å². The third kappa shape index (κ3) is 3.32. The van der Waals surface area contributed by atoms with Crippen molar-refractivity contribution in [2.45, 2.75) is 76.0 Å². The van der Waals surface area contributed by atoms with Crippen LogP contribution in [-0.4, -0.2) is 37.0 Å². The number of hydrogen-bond acceptors (Lipinski definition) is 5. The summed E-state index contributed by atoms with van der Waals surface area (Å²) in [4.78, 5) is 8.37. The number of fused-ring (bicyclic) bond motifs is 1. The molecular formula is C20H30N4O2. The first-order valence-electron chi connectivity index (χ1n) is 10.1. The van der Waals surface area contributed by atoms with E-state index in [0.717, 1.165) is 29.8 Å². The molecule has 2 aromatic rings. The third-order valence-electron chi connectivity index (χ3n) is 6.59. The minimum atomic E-state index is -0.763. The molecule has 2 fully saturated rings. The molecule has 0 aromatic carbocycles. The van der Waals surface area contributed by atoms with Crippen LogP contribution in [0.4, 0.5) is 5.82 Å². The van der Waals surface area contributed by atoms with Crippen molar-refractivity contribution in [1.29, 1.82) is 0 Å². The molecular weight excluding hydrogens is 328 g/mol. The summed E-state index contributed by atoms with van der Waals surface area (Å²) in [5, 5.41) is 22.1. The van der Waals surface area contributed by atoms with Gasteiger partial charge in [-0.2, -0.15) is 0 Å². The van der Waals surface area contributed by atoms with Crippen molar-refractivity contribution in [3.8, 4) is 0 Å². The van der Waals surface area contributed by atoms with E-state index >= 15 is 0 Å². The van der Waals surface area contributed by atoms with Crippen molar-refractivity contribution >= 4 is 16.9 Å². The fourth-order valence-electron chi connectivity index (χ4n) is 5.02. The zero-order valence-corrected chi connectivity index (χ0v) is 15.3. The van der Waals surface area contributed by atoms with Gasteiger partial charge in [-0.05, 0) is 30.7 Å². The molecule has 2 saturated carbocycles. The van der Waals surface area contributed by atoms with Crippen LogP contribution in [0.5, 0.6) is 0 Å². The maximum atomic E-state index is 10.7. The molecule has 4 N–H and O–H groups in total. The fourth-order valence-corrected chi connectivity index (χ4v) is 5.02. The van der Waals surface area contributed by atoms with Crippen molar-refractivity contribution in [3.05, 3.63) is 18.6 Å².